The van der Waals surface area contributed by atoms with E-state index < -0.39 is 0 Å². The van der Waals surface area contributed by atoms with Crippen molar-refractivity contribution in [3.8, 4) is 0 Å². The smallest absolute Gasteiger partial charge is 0.0362 e. The highest BCUT2D eigenvalue weighted by atomic mass is 15.2. The van der Waals surface area contributed by atoms with Gasteiger partial charge in [0.05, 0.1) is 0 Å². The molecule has 1 saturated carbocycles. The minimum absolute atomic E-state index is 0.806. The average Bonchev–Trinajstić information content (AvgIpc) is 2.68. The third kappa shape index (κ3) is 2.39. The molecule has 1 aromatic carbocycles. The quantitative estimate of drug-likeness (QED) is 0.606. The molecular formula is C16H24N2. The number of rotatable bonds is 1. The van der Waals surface area contributed by atoms with Crippen LogP contribution in [-0.2, 0) is 13.0 Å². The molecule has 0 atom stereocenters. The van der Waals surface area contributed by atoms with Crippen LogP contribution in [0.3, 0.4) is 0 Å². The molecule has 2 N–H and O–H groups in total. The van der Waals surface area contributed by atoms with Crippen LogP contribution in [0.5, 0.6) is 0 Å². The summed E-state index contributed by atoms with van der Waals surface area (Å²) in [7, 11) is 0. The molecule has 2 nitrogen and oxygen atoms in total. The van der Waals surface area contributed by atoms with E-state index in [-0.39, 0.29) is 0 Å². The molecule has 0 saturated heterocycles. The Morgan fingerprint density at radius 2 is 1.83 bits per heavy atom. The fourth-order valence-corrected chi connectivity index (χ4v) is 3.56. The van der Waals surface area contributed by atoms with Crippen molar-refractivity contribution in [3.05, 3.63) is 29.3 Å². The van der Waals surface area contributed by atoms with Crippen molar-refractivity contribution < 1.29 is 0 Å². The van der Waals surface area contributed by atoms with E-state index in [1.54, 1.807) is 0 Å². The van der Waals surface area contributed by atoms with Crippen molar-refractivity contribution in [1.82, 2.24) is 4.90 Å². The van der Waals surface area contributed by atoms with Crippen LogP contribution >= 0.6 is 0 Å². The number of hydrogen-bond donors (Lipinski definition) is 1. The Morgan fingerprint density at radius 3 is 2.61 bits per heavy atom. The van der Waals surface area contributed by atoms with E-state index in [9.17, 15) is 0 Å². The molecule has 2 heteroatoms. The fourth-order valence-electron chi connectivity index (χ4n) is 3.56. The lowest BCUT2D eigenvalue weighted by atomic mass is 9.95. The second-order valence-electron chi connectivity index (χ2n) is 5.85. The normalized spacial score (nSPS) is 22.4. The summed E-state index contributed by atoms with van der Waals surface area (Å²) in [5.74, 6) is 0. The summed E-state index contributed by atoms with van der Waals surface area (Å²) < 4.78 is 0. The third-order valence-corrected chi connectivity index (χ3v) is 4.68. The van der Waals surface area contributed by atoms with E-state index in [2.05, 4.69) is 23.1 Å². The van der Waals surface area contributed by atoms with Crippen LogP contribution in [0.1, 0.15) is 49.7 Å². The lowest BCUT2D eigenvalue weighted by Crippen LogP contribution is -2.39. The van der Waals surface area contributed by atoms with E-state index in [0.717, 1.165) is 18.3 Å². The molecule has 0 amide bonds. The number of nitrogen functional groups attached to an aromatic ring is 1. The maximum absolute atomic E-state index is 6.14. The summed E-state index contributed by atoms with van der Waals surface area (Å²) in [6.45, 7) is 2.30. The first-order valence-corrected chi connectivity index (χ1v) is 7.45. The maximum atomic E-state index is 6.14. The van der Waals surface area contributed by atoms with Crippen molar-refractivity contribution >= 4 is 5.69 Å². The van der Waals surface area contributed by atoms with Crippen LogP contribution in [0.25, 0.3) is 0 Å². The van der Waals surface area contributed by atoms with E-state index in [4.69, 9.17) is 5.73 Å². The average molecular weight is 244 g/mol. The van der Waals surface area contributed by atoms with Crippen molar-refractivity contribution in [3.63, 3.8) is 0 Å². The molecule has 0 aromatic heterocycles. The number of nitrogens with zero attached hydrogens (tertiary/aromatic N) is 1. The van der Waals surface area contributed by atoms with Crippen molar-refractivity contribution in [2.75, 3.05) is 12.3 Å². The zero-order valence-electron chi connectivity index (χ0n) is 11.2. The van der Waals surface area contributed by atoms with Crippen LogP contribution in [0, 0.1) is 0 Å². The van der Waals surface area contributed by atoms with Crippen molar-refractivity contribution in [2.45, 2.75) is 57.5 Å². The molecule has 1 fully saturated rings. The van der Waals surface area contributed by atoms with Crippen molar-refractivity contribution in [1.29, 1.82) is 0 Å². The molecule has 1 heterocycles. The fraction of sp³-hybridized carbons (Fsp3) is 0.625. The van der Waals surface area contributed by atoms with Gasteiger partial charge < -0.3 is 5.73 Å². The molecule has 1 aliphatic heterocycles. The van der Waals surface area contributed by atoms with Gasteiger partial charge in [0.25, 0.3) is 0 Å². The van der Waals surface area contributed by atoms with Gasteiger partial charge in [0.1, 0.15) is 0 Å². The Balaban J connectivity index is 1.75. The molecule has 18 heavy (non-hydrogen) atoms. The van der Waals surface area contributed by atoms with Gasteiger partial charge in [0.2, 0.25) is 0 Å². The summed E-state index contributed by atoms with van der Waals surface area (Å²) >= 11 is 0. The lowest BCUT2D eigenvalue weighted by Gasteiger charge is -2.35. The number of fused-ring (bicyclic) bond motifs is 1. The first kappa shape index (κ1) is 12.0. The summed E-state index contributed by atoms with van der Waals surface area (Å²) in [4.78, 5) is 2.68. The second kappa shape index (κ2) is 5.31. The van der Waals surface area contributed by atoms with Gasteiger partial charge >= 0.3 is 0 Å². The first-order valence-electron chi connectivity index (χ1n) is 7.45. The minimum atomic E-state index is 0.806. The highest BCUT2D eigenvalue weighted by Gasteiger charge is 2.24. The van der Waals surface area contributed by atoms with Gasteiger partial charge in [0, 0.05) is 24.8 Å². The zero-order chi connectivity index (χ0) is 12.4. The predicted molar refractivity (Wildman–Crippen MR) is 76.5 cm³/mol. The van der Waals surface area contributed by atoms with Crippen LogP contribution in [0.15, 0.2) is 18.2 Å². The molecule has 3 rings (SSSR count). The molecule has 0 bridgehead atoms. The van der Waals surface area contributed by atoms with Crippen molar-refractivity contribution in [2.24, 2.45) is 0 Å². The SMILES string of the molecule is Nc1cccc2c1CN(C1CCCCCC1)CC2. The lowest BCUT2D eigenvalue weighted by molar-refractivity contribution is 0.163. The Hall–Kier alpha value is -1.02. The summed E-state index contributed by atoms with van der Waals surface area (Å²) in [5, 5.41) is 0. The van der Waals surface area contributed by atoms with Gasteiger partial charge in [-0.05, 0) is 36.5 Å². The highest BCUT2D eigenvalue weighted by Crippen LogP contribution is 2.29. The summed E-state index contributed by atoms with van der Waals surface area (Å²) in [6, 6.07) is 7.20. The van der Waals surface area contributed by atoms with Gasteiger partial charge in [-0.2, -0.15) is 0 Å². The van der Waals surface area contributed by atoms with E-state index in [1.807, 2.05) is 0 Å². The Kier molecular flexibility index (Phi) is 3.55. The van der Waals surface area contributed by atoms with Crippen LogP contribution in [0.2, 0.25) is 0 Å². The third-order valence-electron chi connectivity index (χ3n) is 4.68. The zero-order valence-corrected chi connectivity index (χ0v) is 11.2. The second-order valence-corrected chi connectivity index (χ2v) is 5.85. The number of hydrogen-bond acceptors (Lipinski definition) is 2. The molecule has 0 spiro atoms. The monoisotopic (exact) mass is 244 g/mol. The van der Waals surface area contributed by atoms with Crippen LogP contribution < -0.4 is 5.73 Å². The van der Waals surface area contributed by atoms with E-state index in [1.165, 1.54) is 62.6 Å². The Labute approximate surface area is 110 Å². The van der Waals surface area contributed by atoms with E-state index in [0.29, 0.717) is 0 Å². The van der Waals surface area contributed by atoms with Gasteiger partial charge in [-0.1, -0.05) is 37.8 Å². The molecule has 1 aromatic rings. The van der Waals surface area contributed by atoms with Gasteiger partial charge in [-0.15, -0.1) is 0 Å². The topological polar surface area (TPSA) is 29.3 Å². The maximum Gasteiger partial charge on any atom is 0.0362 e. The molecule has 98 valence electrons. The summed E-state index contributed by atoms with van der Waals surface area (Å²) in [6.07, 6.45) is 9.66. The molecule has 0 radical (unpaired) electrons. The van der Waals surface area contributed by atoms with Gasteiger partial charge in [-0.3, -0.25) is 4.90 Å². The highest BCUT2D eigenvalue weighted by molar-refractivity contribution is 5.51. The van der Waals surface area contributed by atoms with Gasteiger partial charge in [-0.25, -0.2) is 0 Å². The number of benzene rings is 1. The first-order chi connectivity index (χ1) is 8.84. The Bertz CT molecular complexity index is 406. The molecule has 2 aliphatic rings. The molecule has 0 unspecified atom stereocenters. The minimum Gasteiger partial charge on any atom is -0.398 e. The largest absolute Gasteiger partial charge is 0.398 e. The van der Waals surface area contributed by atoms with Crippen LogP contribution in [-0.4, -0.2) is 17.5 Å². The van der Waals surface area contributed by atoms with E-state index >= 15 is 0 Å². The van der Waals surface area contributed by atoms with Crippen LogP contribution in [0.4, 0.5) is 5.69 Å². The molecule has 1 aliphatic carbocycles. The molecular weight excluding hydrogens is 220 g/mol. The number of nitrogens with two attached hydrogens (primary N) is 1. The predicted octanol–water partition coefficient (Wildman–Crippen LogP) is 3.35. The number of anilines is 1. The Morgan fingerprint density at radius 1 is 1.06 bits per heavy atom. The van der Waals surface area contributed by atoms with Gasteiger partial charge in [0.15, 0.2) is 0 Å². The summed E-state index contributed by atoms with van der Waals surface area (Å²) in [5.41, 5.74) is 10.00. The standard InChI is InChI=1S/C16H24N2/c17-16-9-5-6-13-10-11-18(12-15(13)16)14-7-3-1-2-4-8-14/h5-6,9,14H,1-4,7-8,10-12,17H2.